The minimum Gasteiger partial charge on any atom is -0.507 e. The molecule has 2 aromatic carbocycles. The molecule has 0 heterocycles. The highest BCUT2D eigenvalue weighted by Crippen LogP contribution is 2.72. The summed E-state index contributed by atoms with van der Waals surface area (Å²) >= 11 is 0. The topological polar surface area (TPSA) is 40.5 Å². The molecule has 2 heteroatoms. The van der Waals surface area contributed by atoms with Crippen LogP contribution in [0.3, 0.4) is 0 Å². The maximum atomic E-state index is 11.4. The summed E-state index contributed by atoms with van der Waals surface area (Å²) in [6, 6.07) is 8.92. The van der Waals surface area contributed by atoms with Gasteiger partial charge < -0.3 is 10.2 Å². The summed E-state index contributed by atoms with van der Waals surface area (Å²) in [5.41, 5.74) is 7.82. The predicted molar refractivity (Wildman–Crippen MR) is 152 cm³/mol. The summed E-state index contributed by atoms with van der Waals surface area (Å²) < 4.78 is 0. The highest BCUT2D eigenvalue weighted by molar-refractivity contribution is 5.53. The van der Waals surface area contributed by atoms with Crippen molar-refractivity contribution in [2.75, 3.05) is 0 Å². The molecule has 4 fully saturated rings. The lowest BCUT2D eigenvalue weighted by Gasteiger charge is -2.40. The first kappa shape index (κ1) is 25.3. The Balaban J connectivity index is 1.28. The fourth-order valence-corrected chi connectivity index (χ4v) is 10.0. The molecule has 4 bridgehead atoms. The first-order valence-corrected chi connectivity index (χ1v) is 14.9. The predicted octanol–water partition coefficient (Wildman–Crippen LogP) is 9.17. The van der Waals surface area contributed by atoms with E-state index in [0.29, 0.717) is 34.2 Å². The van der Waals surface area contributed by atoms with Crippen molar-refractivity contribution in [3.63, 3.8) is 0 Å². The molecule has 4 aliphatic carbocycles. The van der Waals surface area contributed by atoms with E-state index in [4.69, 9.17) is 0 Å². The molecule has 6 atom stereocenters. The van der Waals surface area contributed by atoms with Crippen LogP contribution in [0.5, 0.6) is 11.5 Å². The third-order valence-electron chi connectivity index (χ3n) is 13.9. The minimum absolute atomic E-state index is 0.256. The summed E-state index contributed by atoms with van der Waals surface area (Å²) in [6.07, 6.45) is 8.32. The minimum atomic E-state index is 0.256. The lowest BCUT2D eigenvalue weighted by atomic mass is 9.64. The monoisotopic (exact) mass is 500 g/mol. The maximum Gasteiger partial charge on any atom is 0.122 e. The Morgan fingerprint density at radius 1 is 0.649 bits per heavy atom. The zero-order chi connectivity index (χ0) is 26.7. The average Bonchev–Trinajstić information content (AvgIpc) is 3.37. The van der Waals surface area contributed by atoms with E-state index in [1.807, 2.05) is 0 Å². The van der Waals surface area contributed by atoms with E-state index in [2.05, 4.69) is 79.7 Å². The van der Waals surface area contributed by atoms with E-state index >= 15 is 0 Å². The van der Waals surface area contributed by atoms with Crippen LogP contribution in [0.15, 0.2) is 24.3 Å². The first-order valence-electron chi connectivity index (χ1n) is 14.9. The number of phenols is 2. The molecule has 2 unspecified atom stereocenters. The maximum absolute atomic E-state index is 11.4. The van der Waals surface area contributed by atoms with Crippen molar-refractivity contribution in [1.29, 1.82) is 0 Å². The van der Waals surface area contributed by atoms with Crippen LogP contribution >= 0.6 is 0 Å². The SMILES string of the molecule is Cc1c(Cc2ccc(C3C[C@@H]4CC[C@@]3(C)C4(C)C)c(O)c2C)ccc(C2C[C@H]3CC[C@]2(C)C3(C)C)c1O. The molecule has 4 aliphatic rings. The standard InChI is InChI=1S/C35H48O2/c1-20-22(9-11-26(30(20)36)28-18-24-13-15-34(28,7)32(24,3)4)17-23-10-12-27(31(37)21(23)2)29-19-25-14-16-35(29,8)33(25,5)6/h9-12,24-25,28-29,36-37H,13-19H2,1-8H3/t24-,25+,28?,29?,34+,35-. The van der Waals surface area contributed by atoms with Crippen LogP contribution in [0.25, 0.3) is 0 Å². The second kappa shape index (κ2) is 7.80. The molecule has 0 aromatic heterocycles. The van der Waals surface area contributed by atoms with E-state index in [0.717, 1.165) is 51.6 Å². The molecule has 37 heavy (non-hydrogen) atoms. The average molecular weight is 501 g/mol. The van der Waals surface area contributed by atoms with Gasteiger partial charge in [-0.1, -0.05) is 65.8 Å². The largest absolute Gasteiger partial charge is 0.507 e. The zero-order valence-corrected chi connectivity index (χ0v) is 24.5. The van der Waals surface area contributed by atoms with Gasteiger partial charge in [-0.15, -0.1) is 0 Å². The molecule has 2 aromatic rings. The Morgan fingerprint density at radius 2 is 1.03 bits per heavy atom. The van der Waals surface area contributed by atoms with Crippen molar-refractivity contribution < 1.29 is 10.2 Å². The first-order chi connectivity index (χ1) is 17.2. The Kier molecular flexibility index (Phi) is 5.34. The van der Waals surface area contributed by atoms with E-state index in [-0.39, 0.29) is 10.8 Å². The van der Waals surface area contributed by atoms with Gasteiger partial charge in [0.15, 0.2) is 0 Å². The summed E-state index contributed by atoms with van der Waals surface area (Å²) in [6.45, 7) is 18.9. The summed E-state index contributed by atoms with van der Waals surface area (Å²) in [7, 11) is 0. The number of phenolic OH excluding ortho intramolecular Hbond substituents is 2. The third kappa shape index (κ3) is 3.11. The number of hydrogen-bond donors (Lipinski definition) is 2. The summed E-state index contributed by atoms with van der Waals surface area (Å²) in [4.78, 5) is 0. The number of hydrogen-bond acceptors (Lipinski definition) is 2. The Morgan fingerprint density at radius 3 is 1.32 bits per heavy atom. The van der Waals surface area contributed by atoms with Gasteiger partial charge in [0.05, 0.1) is 0 Å². The zero-order valence-electron chi connectivity index (χ0n) is 24.5. The Bertz CT molecular complexity index is 1170. The van der Waals surface area contributed by atoms with Crippen molar-refractivity contribution in [3.05, 3.63) is 57.6 Å². The van der Waals surface area contributed by atoms with Crippen LogP contribution in [0.4, 0.5) is 0 Å². The molecule has 0 aliphatic heterocycles. The fourth-order valence-electron chi connectivity index (χ4n) is 10.0. The number of fused-ring (bicyclic) bond motifs is 4. The quantitative estimate of drug-likeness (QED) is 0.439. The van der Waals surface area contributed by atoms with E-state index in [1.165, 1.54) is 38.5 Å². The Hall–Kier alpha value is -1.96. The van der Waals surface area contributed by atoms with Gasteiger partial charge in [-0.3, -0.25) is 0 Å². The molecule has 2 nitrogen and oxygen atoms in total. The van der Waals surface area contributed by atoms with E-state index in [9.17, 15) is 10.2 Å². The van der Waals surface area contributed by atoms with Crippen LogP contribution in [0.2, 0.25) is 0 Å². The number of benzene rings is 2. The van der Waals surface area contributed by atoms with Gasteiger partial charge >= 0.3 is 0 Å². The molecule has 200 valence electrons. The van der Waals surface area contributed by atoms with Crippen molar-refractivity contribution in [2.45, 2.75) is 112 Å². The summed E-state index contributed by atoms with van der Waals surface area (Å²) in [5.74, 6) is 3.39. The normalized spacial score (nSPS) is 37.0. The van der Waals surface area contributed by atoms with Crippen molar-refractivity contribution in [2.24, 2.45) is 33.5 Å². The van der Waals surface area contributed by atoms with Gasteiger partial charge in [0.1, 0.15) is 11.5 Å². The molecular weight excluding hydrogens is 452 g/mol. The van der Waals surface area contributed by atoms with Gasteiger partial charge in [-0.05, 0) is 138 Å². The van der Waals surface area contributed by atoms with Crippen LogP contribution in [0, 0.1) is 47.3 Å². The second-order valence-corrected chi connectivity index (χ2v) is 15.1. The Labute approximate surface area is 224 Å². The molecule has 4 saturated carbocycles. The molecular formula is C35H48O2. The van der Waals surface area contributed by atoms with Gasteiger partial charge in [0.2, 0.25) is 0 Å². The summed E-state index contributed by atoms with van der Waals surface area (Å²) in [5, 5.41) is 22.9. The number of rotatable bonds is 4. The van der Waals surface area contributed by atoms with Gasteiger partial charge in [0.25, 0.3) is 0 Å². The molecule has 2 N–H and O–H groups in total. The van der Waals surface area contributed by atoms with Crippen molar-refractivity contribution >= 4 is 0 Å². The molecule has 0 amide bonds. The number of aromatic hydroxyl groups is 2. The van der Waals surface area contributed by atoms with E-state index < -0.39 is 0 Å². The van der Waals surface area contributed by atoms with Gasteiger partial charge in [0, 0.05) is 0 Å². The second-order valence-electron chi connectivity index (χ2n) is 15.1. The van der Waals surface area contributed by atoms with Crippen molar-refractivity contribution in [3.8, 4) is 11.5 Å². The molecule has 6 rings (SSSR count). The van der Waals surface area contributed by atoms with Crippen LogP contribution in [-0.4, -0.2) is 10.2 Å². The van der Waals surface area contributed by atoms with Gasteiger partial charge in [-0.2, -0.15) is 0 Å². The highest BCUT2D eigenvalue weighted by atomic mass is 16.3. The fraction of sp³-hybridized carbons (Fsp3) is 0.657. The lowest BCUT2D eigenvalue weighted by molar-refractivity contribution is 0.133. The van der Waals surface area contributed by atoms with Crippen LogP contribution in [0.1, 0.15) is 125 Å². The smallest absolute Gasteiger partial charge is 0.122 e. The molecule has 0 spiro atoms. The lowest BCUT2D eigenvalue weighted by Crippen LogP contribution is -2.31. The van der Waals surface area contributed by atoms with E-state index in [1.54, 1.807) is 0 Å². The van der Waals surface area contributed by atoms with Gasteiger partial charge in [-0.25, -0.2) is 0 Å². The van der Waals surface area contributed by atoms with Crippen LogP contribution in [-0.2, 0) is 6.42 Å². The third-order valence-corrected chi connectivity index (χ3v) is 13.9. The molecule has 0 saturated heterocycles. The highest BCUT2D eigenvalue weighted by Gasteiger charge is 2.62. The molecule has 0 radical (unpaired) electrons. The van der Waals surface area contributed by atoms with Crippen molar-refractivity contribution in [1.82, 2.24) is 0 Å². The van der Waals surface area contributed by atoms with Crippen LogP contribution < -0.4 is 0 Å².